The average molecular weight is 464 g/mol. The van der Waals surface area contributed by atoms with Gasteiger partial charge >= 0.3 is 0 Å². The van der Waals surface area contributed by atoms with Crippen molar-refractivity contribution in [3.63, 3.8) is 0 Å². The third-order valence-corrected chi connectivity index (χ3v) is 5.00. The highest BCUT2D eigenvalue weighted by atomic mass is 35.5. The standard InChI is InChI=1S/C20H23ClN5O4P/c1-28-12-5-7-15(16(9-12)26-31(4)27)23-19-14(21)11-22-20(25-19)24-17-10-13(29-2)6-8-18(17)30-3/h5-11,26-27H,1-4H3,(H2,22,23,24,25). The zero-order valence-electron chi connectivity index (χ0n) is 17.4. The van der Waals surface area contributed by atoms with Gasteiger partial charge in [0.25, 0.3) is 0 Å². The Morgan fingerprint density at radius 1 is 0.903 bits per heavy atom. The van der Waals surface area contributed by atoms with Gasteiger partial charge in [0.1, 0.15) is 30.6 Å². The van der Waals surface area contributed by atoms with Crippen LogP contribution in [0.3, 0.4) is 0 Å². The molecule has 0 bridgehead atoms. The summed E-state index contributed by atoms with van der Waals surface area (Å²) in [4.78, 5) is 18.5. The van der Waals surface area contributed by atoms with Gasteiger partial charge in [0.2, 0.25) is 5.95 Å². The highest BCUT2D eigenvalue weighted by Gasteiger charge is 2.13. The van der Waals surface area contributed by atoms with Crippen molar-refractivity contribution < 1.29 is 19.1 Å². The average Bonchev–Trinajstić information content (AvgIpc) is 2.76. The maximum atomic E-state index is 9.82. The van der Waals surface area contributed by atoms with E-state index in [1.807, 2.05) is 0 Å². The molecule has 0 aliphatic carbocycles. The largest absolute Gasteiger partial charge is 0.497 e. The highest BCUT2D eigenvalue weighted by Crippen LogP contribution is 2.37. The van der Waals surface area contributed by atoms with Crippen molar-refractivity contribution in [3.05, 3.63) is 47.6 Å². The first kappa shape index (κ1) is 22.7. The molecule has 4 N–H and O–H groups in total. The number of anilines is 5. The lowest BCUT2D eigenvalue weighted by Gasteiger charge is -2.17. The van der Waals surface area contributed by atoms with Crippen LogP contribution < -0.4 is 29.9 Å². The van der Waals surface area contributed by atoms with Crippen LogP contribution in [0.15, 0.2) is 42.6 Å². The van der Waals surface area contributed by atoms with Crippen molar-refractivity contribution >= 4 is 48.7 Å². The molecule has 0 radical (unpaired) electrons. The van der Waals surface area contributed by atoms with E-state index in [9.17, 15) is 4.89 Å². The van der Waals surface area contributed by atoms with E-state index in [1.54, 1.807) is 64.4 Å². The van der Waals surface area contributed by atoms with E-state index in [0.717, 1.165) is 0 Å². The summed E-state index contributed by atoms with van der Waals surface area (Å²) < 4.78 is 15.9. The molecule has 0 amide bonds. The molecule has 3 rings (SSSR count). The molecule has 1 atom stereocenters. The van der Waals surface area contributed by atoms with Gasteiger partial charge in [0, 0.05) is 12.1 Å². The van der Waals surface area contributed by atoms with E-state index < -0.39 is 8.30 Å². The Bertz CT molecular complexity index is 1050. The van der Waals surface area contributed by atoms with Crippen LogP contribution in [-0.4, -0.2) is 42.9 Å². The summed E-state index contributed by atoms with van der Waals surface area (Å²) in [6.07, 6.45) is 1.49. The van der Waals surface area contributed by atoms with Gasteiger partial charge in [-0.25, -0.2) is 4.98 Å². The van der Waals surface area contributed by atoms with Crippen molar-refractivity contribution in [1.82, 2.24) is 9.97 Å². The Morgan fingerprint density at radius 3 is 2.23 bits per heavy atom. The molecule has 1 aromatic heterocycles. The molecule has 0 spiro atoms. The SMILES string of the molecule is COc1ccc(Nc2nc(Nc3cc(OC)ccc3OC)ncc2Cl)c(NP(C)O)c1. The fraction of sp³-hybridized carbons (Fsp3) is 0.200. The molecule has 3 aromatic rings. The first-order valence-electron chi connectivity index (χ1n) is 9.09. The molecule has 2 aromatic carbocycles. The number of aromatic nitrogens is 2. The number of nitrogens with one attached hydrogen (secondary N) is 3. The number of hydrogen-bond donors (Lipinski definition) is 4. The fourth-order valence-corrected chi connectivity index (χ4v) is 3.37. The fourth-order valence-electron chi connectivity index (χ4n) is 2.70. The summed E-state index contributed by atoms with van der Waals surface area (Å²) in [5.74, 6) is 2.60. The van der Waals surface area contributed by atoms with Gasteiger partial charge in [-0.15, -0.1) is 0 Å². The second kappa shape index (κ2) is 10.3. The second-order valence-corrected chi connectivity index (χ2v) is 7.93. The van der Waals surface area contributed by atoms with Crippen molar-refractivity contribution in [2.24, 2.45) is 0 Å². The summed E-state index contributed by atoms with van der Waals surface area (Å²) in [5, 5.41) is 9.64. The Morgan fingerprint density at radius 2 is 1.58 bits per heavy atom. The van der Waals surface area contributed by atoms with Crippen molar-refractivity contribution in [3.8, 4) is 17.2 Å². The van der Waals surface area contributed by atoms with E-state index >= 15 is 0 Å². The number of ether oxygens (including phenoxy) is 3. The van der Waals surface area contributed by atoms with Gasteiger partial charge in [0.15, 0.2) is 5.82 Å². The van der Waals surface area contributed by atoms with Crippen LogP contribution in [0.25, 0.3) is 0 Å². The van der Waals surface area contributed by atoms with Gasteiger partial charge in [-0.2, -0.15) is 4.98 Å². The second-order valence-electron chi connectivity index (χ2n) is 6.25. The number of methoxy groups -OCH3 is 3. The lowest BCUT2D eigenvalue weighted by molar-refractivity contribution is 0.405. The van der Waals surface area contributed by atoms with Crippen LogP contribution in [0.1, 0.15) is 0 Å². The first-order valence-corrected chi connectivity index (χ1v) is 11.2. The molecular formula is C20H23ClN5O4P. The van der Waals surface area contributed by atoms with Crippen LogP contribution >= 0.6 is 19.9 Å². The minimum atomic E-state index is -1.39. The maximum absolute atomic E-state index is 9.82. The van der Waals surface area contributed by atoms with Crippen molar-refractivity contribution in [2.75, 3.05) is 43.7 Å². The monoisotopic (exact) mass is 463 g/mol. The van der Waals surface area contributed by atoms with E-state index in [-0.39, 0.29) is 0 Å². The predicted octanol–water partition coefficient (Wildman–Crippen LogP) is 4.99. The summed E-state index contributed by atoms with van der Waals surface area (Å²) in [6, 6.07) is 10.7. The molecule has 0 saturated carbocycles. The quantitative estimate of drug-likeness (QED) is 0.326. The first-order chi connectivity index (χ1) is 14.9. The summed E-state index contributed by atoms with van der Waals surface area (Å²) in [7, 11) is 3.34. The Labute approximate surface area is 186 Å². The molecule has 1 heterocycles. The molecule has 0 aliphatic rings. The molecule has 0 fully saturated rings. The van der Waals surface area contributed by atoms with E-state index in [1.165, 1.54) is 6.20 Å². The minimum absolute atomic E-state index is 0.307. The zero-order valence-corrected chi connectivity index (χ0v) is 19.1. The molecular weight excluding hydrogens is 441 g/mol. The molecule has 0 saturated heterocycles. The minimum Gasteiger partial charge on any atom is -0.497 e. The lowest BCUT2D eigenvalue weighted by atomic mass is 10.2. The Balaban J connectivity index is 1.91. The van der Waals surface area contributed by atoms with Gasteiger partial charge in [-0.1, -0.05) is 11.6 Å². The van der Waals surface area contributed by atoms with Crippen molar-refractivity contribution in [1.29, 1.82) is 0 Å². The highest BCUT2D eigenvalue weighted by molar-refractivity contribution is 7.52. The number of rotatable bonds is 9. The van der Waals surface area contributed by atoms with Gasteiger partial charge < -0.3 is 34.8 Å². The van der Waals surface area contributed by atoms with Crippen LogP contribution in [0.5, 0.6) is 17.2 Å². The van der Waals surface area contributed by atoms with Gasteiger partial charge in [-0.3, -0.25) is 0 Å². The zero-order chi connectivity index (χ0) is 22.4. The van der Waals surface area contributed by atoms with Crippen LogP contribution in [0, 0.1) is 0 Å². The normalized spacial score (nSPS) is 11.4. The van der Waals surface area contributed by atoms with Gasteiger partial charge in [-0.05, 0) is 30.9 Å². The maximum Gasteiger partial charge on any atom is 0.229 e. The number of benzene rings is 2. The smallest absolute Gasteiger partial charge is 0.229 e. The Hall–Kier alpha value is -3.00. The van der Waals surface area contributed by atoms with Crippen LogP contribution in [0.4, 0.5) is 28.8 Å². The van der Waals surface area contributed by atoms with Crippen molar-refractivity contribution in [2.45, 2.75) is 0 Å². The van der Waals surface area contributed by atoms with Crippen LogP contribution in [0.2, 0.25) is 5.02 Å². The third kappa shape index (κ3) is 5.79. The number of halogens is 1. The molecule has 31 heavy (non-hydrogen) atoms. The molecule has 0 aliphatic heterocycles. The van der Waals surface area contributed by atoms with E-state index in [4.69, 9.17) is 25.8 Å². The predicted molar refractivity (Wildman–Crippen MR) is 125 cm³/mol. The Kier molecular flexibility index (Phi) is 7.57. The number of nitrogens with zero attached hydrogens (tertiary/aromatic N) is 2. The lowest BCUT2D eigenvalue weighted by Crippen LogP contribution is -2.04. The van der Waals surface area contributed by atoms with E-state index in [0.29, 0.717) is 51.1 Å². The molecule has 164 valence electrons. The summed E-state index contributed by atoms with van der Waals surface area (Å²) in [5.41, 5.74) is 1.95. The van der Waals surface area contributed by atoms with Crippen LogP contribution in [-0.2, 0) is 0 Å². The van der Waals surface area contributed by atoms with Gasteiger partial charge in [0.05, 0.1) is 44.6 Å². The third-order valence-electron chi connectivity index (χ3n) is 4.16. The number of hydrogen-bond acceptors (Lipinski definition) is 9. The van der Waals surface area contributed by atoms with E-state index in [2.05, 4.69) is 25.7 Å². The molecule has 11 heteroatoms. The topological polar surface area (TPSA) is 110 Å². The summed E-state index contributed by atoms with van der Waals surface area (Å²) in [6.45, 7) is 1.68. The molecule has 1 unspecified atom stereocenters. The summed E-state index contributed by atoms with van der Waals surface area (Å²) >= 11 is 6.32. The molecule has 9 nitrogen and oxygen atoms in total.